The van der Waals surface area contributed by atoms with Crippen molar-refractivity contribution in [3.8, 4) is 10.6 Å². The van der Waals surface area contributed by atoms with Gasteiger partial charge in [-0.25, -0.2) is 14.2 Å². The molecule has 6 nitrogen and oxygen atoms in total. The largest absolute Gasteiger partial charge is 0.444 e. The fraction of sp³-hybridized carbons (Fsp3) is 0.458. The standard InChI is InChI=1S/C24H27FN4O2S2/c1-13-8-14(6-7-29(13)23(30)31-24(2,3)4)18-11-19-22(32-18)26-21(33-19)15-9-16-12-28(5)27-20(16)17(25)10-15/h8-10,12-13,18H,6-7,11H2,1-5H3. The Kier molecular flexibility index (Phi) is 5.52. The van der Waals surface area contributed by atoms with Crippen LogP contribution in [0.1, 0.15) is 39.0 Å². The highest BCUT2D eigenvalue weighted by Crippen LogP contribution is 2.46. The van der Waals surface area contributed by atoms with E-state index in [2.05, 4.69) is 11.2 Å². The number of hydrogen-bond donors (Lipinski definition) is 0. The van der Waals surface area contributed by atoms with E-state index < -0.39 is 5.60 Å². The third kappa shape index (κ3) is 4.40. The summed E-state index contributed by atoms with van der Waals surface area (Å²) < 4.78 is 21.7. The van der Waals surface area contributed by atoms with Gasteiger partial charge in [-0.2, -0.15) is 5.10 Å². The zero-order valence-electron chi connectivity index (χ0n) is 19.4. The molecule has 0 aliphatic carbocycles. The molecule has 2 unspecified atom stereocenters. The first-order chi connectivity index (χ1) is 15.6. The molecule has 5 rings (SSSR count). The summed E-state index contributed by atoms with van der Waals surface area (Å²) in [6.45, 7) is 8.37. The van der Waals surface area contributed by atoms with Crippen LogP contribution in [0.3, 0.4) is 0 Å². The summed E-state index contributed by atoms with van der Waals surface area (Å²) in [6.07, 6.45) is 5.53. The number of hydrogen-bond acceptors (Lipinski definition) is 6. The van der Waals surface area contributed by atoms with Crippen LogP contribution < -0.4 is 0 Å². The van der Waals surface area contributed by atoms with E-state index >= 15 is 0 Å². The third-order valence-electron chi connectivity index (χ3n) is 5.84. The normalized spacial score (nSPS) is 20.8. The molecule has 9 heteroatoms. The number of fused-ring (bicyclic) bond motifs is 2. The Balaban J connectivity index is 1.30. The monoisotopic (exact) mass is 486 g/mol. The van der Waals surface area contributed by atoms with E-state index in [0.29, 0.717) is 17.3 Å². The topological polar surface area (TPSA) is 60.2 Å². The number of carbonyl (C=O) groups excluding carboxylic acids is 1. The average Bonchev–Trinajstić information content (AvgIpc) is 3.38. The van der Waals surface area contributed by atoms with Crippen LogP contribution in [0.2, 0.25) is 0 Å². The number of nitrogens with zero attached hydrogens (tertiary/aromatic N) is 4. The first-order valence-corrected chi connectivity index (χ1v) is 12.8. The van der Waals surface area contributed by atoms with Crippen LogP contribution in [0.5, 0.6) is 0 Å². The maximum atomic E-state index is 14.5. The molecule has 0 bridgehead atoms. The molecule has 2 aromatic heterocycles. The van der Waals surface area contributed by atoms with E-state index in [9.17, 15) is 9.18 Å². The van der Waals surface area contributed by atoms with E-state index in [-0.39, 0.29) is 18.0 Å². The smallest absolute Gasteiger partial charge is 0.410 e. The first-order valence-electron chi connectivity index (χ1n) is 11.1. The van der Waals surface area contributed by atoms with Gasteiger partial charge in [-0.3, -0.25) is 4.68 Å². The highest BCUT2D eigenvalue weighted by Gasteiger charge is 2.34. The molecule has 2 aliphatic heterocycles. The molecular formula is C24H27FN4O2S2. The summed E-state index contributed by atoms with van der Waals surface area (Å²) >= 11 is 3.42. The lowest BCUT2D eigenvalue weighted by atomic mass is 9.99. The molecule has 0 spiro atoms. The van der Waals surface area contributed by atoms with Gasteiger partial charge in [0.15, 0.2) is 5.82 Å². The molecule has 0 saturated heterocycles. The van der Waals surface area contributed by atoms with Crippen LogP contribution in [0, 0.1) is 5.82 Å². The van der Waals surface area contributed by atoms with E-state index in [4.69, 9.17) is 9.72 Å². The summed E-state index contributed by atoms with van der Waals surface area (Å²) in [5, 5.41) is 7.19. The van der Waals surface area contributed by atoms with Crippen LogP contribution >= 0.6 is 23.1 Å². The number of amides is 1. The van der Waals surface area contributed by atoms with Gasteiger partial charge in [0.2, 0.25) is 0 Å². The lowest BCUT2D eigenvalue weighted by Gasteiger charge is -2.35. The van der Waals surface area contributed by atoms with Crippen molar-refractivity contribution in [2.24, 2.45) is 7.05 Å². The molecular weight excluding hydrogens is 459 g/mol. The van der Waals surface area contributed by atoms with Crippen molar-refractivity contribution in [3.63, 3.8) is 0 Å². The number of ether oxygens (including phenoxy) is 1. The first kappa shape index (κ1) is 22.4. The van der Waals surface area contributed by atoms with Gasteiger partial charge in [0.25, 0.3) is 0 Å². The number of halogens is 1. The Morgan fingerprint density at radius 3 is 2.79 bits per heavy atom. The summed E-state index contributed by atoms with van der Waals surface area (Å²) in [6, 6.07) is 3.49. The Bertz CT molecular complexity index is 1250. The minimum absolute atomic E-state index is 0.000500. The molecule has 1 amide bonds. The van der Waals surface area contributed by atoms with Crippen molar-refractivity contribution < 1.29 is 13.9 Å². The summed E-state index contributed by atoms with van der Waals surface area (Å²) in [5.41, 5.74) is 2.05. The second-order valence-corrected chi connectivity index (χ2v) is 11.9. The Morgan fingerprint density at radius 2 is 2.09 bits per heavy atom. The lowest BCUT2D eigenvalue weighted by molar-refractivity contribution is 0.0202. The number of thiazole rings is 1. The van der Waals surface area contributed by atoms with Gasteiger partial charge >= 0.3 is 6.09 Å². The van der Waals surface area contributed by atoms with Gasteiger partial charge in [-0.15, -0.1) is 11.3 Å². The molecule has 0 radical (unpaired) electrons. The van der Waals surface area contributed by atoms with E-state index in [1.54, 1.807) is 39.7 Å². The molecule has 4 heterocycles. The second kappa shape index (κ2) is 8.13. The SMILES string of the molecule is CC1C=C(C2Cc3sc(-c4cc(F)c5nn(C)cc5c4)nc3S2)CCN1C(=O)OC(C)(C)C. The van der Waals surface area contributed by atoms with Gasteiger partial charge in [0.05, 0.1) is 6.04 Å². The maximum Gasteiger partial charge on any atom is 0.410 e. The minimum atomic E-state index is -0.496. The predicted octanol–water partition coefficient (Wildman–Crippen LogP) is 5.81. The third-order valence-corrected chi connectivity index (χ3v) is 8.41. The van der Waals surface area contributed by atoms with Crippen LogP contribution in [0.15, 0.2) is 35.0 Å². The summed E-state index contributed by atoms with van der Waals surface area (Å²) in [5.74, 6) is -0.320. The van der Waals surface area contributed by atoms with Crippen molar-refractivity contribution >= 4 is 40.1 Å². The van der Waals surface area contributed by atoms with Gasteiger partial charge in [-0.1, -0.05) is 23.4 Å². The predicted molar refractivity (Wildman–Crippen MR) is 130 cm³/mol. The fourth-order valence-corrected chi connectivity index (χ4v) is 7.00. The van der Waals surface area contributed by atoms with Gasteiger partial charge < -0.3 is 9.64 Å². The Hall–Kier alpha value is -2.39. The van der Waals surface area contributed by atoms with Gasteiger partial charge in [-0.05, 0) is 46.2 Å². The summed E-state index contributed by atoms with van der Waals surface area (Å²) in [7, 11) is 1.79. The molecule has 0 saturated carbocycles. The Labute approximate surface area is 200 Å². The van der Waals surface area contributed by atoms with Crippen LogP contribution in [0.25, 0.3) is 21.5 Å². The molecule has 3 aromatic rings. The highest BCUT2D eigenvalue weighted by atomic mass is 32.2. The number of aromatic nitrogens is 3. The van der Waals surface area contributed by atoms with Crippen LogP contribution in [-0.2, 0) is 18.2 Å². The molecule has 0 N–H and O–H groups in total. The number of rotatable bonds is 2. The van der Waals surface area contributed by atoms with E-state index in [1.165, 1.54) is 16.5 Å². The molecule has 174 valence electrons. The number of thioether (sulfide) groups is 1. The number of benzene rings is 1. The lowest BCUT2D eigenvalue weighted by Crippen LogP contribution is -2.44. The van der Waals surface area contributed by atoms with Gasteiger partial charge in [0, 0.05) is 47.3 Å². The van der Waals surface area contributed by atoms with Crippen LogP contribution in [0.4, 0.5) is 9.18 Å². The molecule has 2 atom stereocenters. The van der Waals surface area contributed by atoms with E-state index in [1.807, 2.05) is 40.0 Å². The van der Waals surface area contributed by atoms with Crippen molar-refractivity contribution in [2.45, 2.75) is 62.5 Å². The zero-order valence-corrected chi connectivity index (χ0v) is 21.0. The minimum Gasteiger partial charge on any atom is -0.444 e. The molecule has 1 aromatic carbocycles. The zero-order chi connectivity index (χ0) is 23.5. The molecule has 2 aliphatic rings. The van der Waals surface area contributed by atoms with Crippen LogP contribution in [-0.4, -0.2) is 49.2 Å². The van der Waals surface area contributed by atoms with Crippen molar-refractivity contribution in [1.82, 2.24) is 19.7 Å². The van der Waals surface area contributed by atoms with E-state index in [0.717, 1.165) is 33.8 Å². The second-order valence-electron chi connectivity index (χ2n) is 9.66. The summed E-state index contributed by atoms with van der Waals surface area (Å²) in [4.78, 5) is 20.4. The maximum absolute atomic E-state index is 14.5. The highest BCUT2D eigenvalue weighted by molar-refractivity contribution is 8.00. The Morgan fingerprint density at radius 1 is 1.30 bits per heavy atom. The van der Waals surface area contributed by atoms with Gasteiger partial charge in [0.1, 0.15) is 21.2 Å². The van der Waals surface area contributed by atoms with Crippen molar-refractivity contribution in [2.75, 3.05) is 6.54 Å². The quantitative estimate of drug-likeness (QED) is 0.428. The van der Waals surface area contributed by atoms with Crippen molar-refractivity contribution in [1.29, 1.82) is 0 Å². The average molecular weight is 487 g/mol. The fourth-order valence-electron chi connectivity index (χ4n) is 4.35. The number of carbonyl (C=O) groups is 1. The molecule has 0 fully saturated rings. The van der Waals surface area contributed by atoms with Crippen molar-refractivity contribution in [3.05, 3.63) is 40.7 Å². The molecule has 33 heavy (non-hydrogen) atoms. The number of aryl methyl sites for hydroxylation is 1.